The Kier molecular flexibility index (Phi) is 6.53. The van der Waals surface area contributed by atoms with Crippen LogP contribution in [-0.2, 0) is 27.7 Å². The molecule has 0 atom stereocenters. The molecule has 3 aromatic rings. The molecule has 0 unspecified atom stereocenters. The highest BCUT2D eigenvalue weighted by atomic mass is 32.2. The molecule has 30 heavy (non-hydrogen) atoms. The SMILES string of the molecule is O=C(CCc1cccnc1)Cc1ccc(NS(=O)(=O)c2ccc([N+](=O)[O-])cc2)cc1. The van der Waals surface area contributed by atoms with Crippen LogP contribution in [0.15, 0.2) is 78.0 Å². The number of nitro benzene ring substituents is 1. The lowest BCUT2D eigenvalue weighted by molar-refractivity contribution is -0.384. The zero-order valence-corrected chi connectivity index (χ0v) is 16.7. The Morgan fingerprint density at radius 3 is 2.30 bits per heavy atom. The third kappa shape index (κ3) is 5.71. The Morgan fingerprint density at radius 1 is 1.00 bits per heavy atom. The van der Waals surface area contributed by atoms with Gasteiger partial charge in [-0.25, -0.2) is 8.42 Å². The number of benzene rings is 2. The average molecular weight is 425 g/mol. The number of ketones is 1. The van der Waals surface area contributed by atoms with Crippen LogP contribution < -0.4 is 4.72 Å². The van der Waals surface area contributed by atoms with Crippen LogP contribution in [0.3, 0.4) is 0 Å². The summed E-state index contributed by atoms with van der Waals surface area (Å²) < 4.78 is 27.3. The fourth-order valence-electron chi connectivity index (χ4n) is 2.80. The number of carbonyl (C=O) groups excluding carboxylic acids is 1. The predicted octanol–water partition coefficient (Wildman–Crippen LogP) is 3.54. The predicted molar refractivity (Wildman–Crippen MR) is 112 cm³/mol. The highest BCUT2D eigenvalue weighted by Crippen LogP contribution is 2.20. The molecule has 0 aliphatic rings. The fraction of sp³-hybridized carbons (Fsp3) is 0.143. The Hall–Kier alpha value is -3.59. The van der Waals surface area contributed by atoms with Crippen molar-refractivity contribution in [2.75, 3.05) is 4.72 Å². The molecule has 8 nitrogen and oxygen atoms in total. The van der Waals surface area contributed by atoms with Crippen molar-refractivity contribution in [1.29, 1.82) is 0 Å². The summed E-state index contributed by atoms with van der Waals surface area (Å²) in [7, 11) is -3.88. The van der Waals surface area contributed by atoms with E-state index in [-0.39, 0.29) is 22.8 Å². The van der Waals surface area contributed by atoms with Crippen LogP contribution in [-0.4, -0.2) is 24.1 Å². The molecule has 1 heterocycles. The van der Waals surface area contributed by atoms with Gasteiger partial charge < -0.3 is 0 Å². The van der Waals surface area contributed by atoms with Crippen molar-refractivity contribution in [2.24, 2.45) is 0 Å². The Balaban J connectivity index is 1.58. The van der Waals surface area contributed by atoms with Crippen molar-refractivity contribution in [3.05, 3.63) is 94.3 Å². The van der Waals surface area contributed by atoms with Gasteiger partial charge in [0.1, 0.15) is 5.78 Å². The maximum absolute atomic E-state index is 12.4. The molecule has 154 valence electrons. The monoisotopic (exact) mass is 425 g/mol. The van der Waals surface area contributed by atoms with Gasteiger partial charge in [-0.05, 0) is 47.9 Å². The van der Waals surface area contributed by atoms with Crippen LogP contribution in [0.4, 0.5) is 11.4 Å². The van der Waals surface area contributed by atoms with Crippen molar-refractivity contribution in [1.82, 2.24) is 4.98 Å². The number of carbonyl (C=O) groups is 1. The average Bonchev–Trinajstić information content (AvgIpc) is 2.74. The summed E-state index contributed by atoms with van der Waals surface area (Å²) in [5, 5.41) is 10.7. The minimum Gasteiger partial charge on any atom is -0.299 e. The van der Waals surface area contributed by atoms with Gasteiger partial charge in [0, 0.05) is 43.1 Å². The van der Waals surface area contributed by atoms with Crippen molar-refractivity contribution >= 4 is 27.2 Å². The highest BCUT2D eigenvalue weighted by molar-refractivity contribution is 7.92. The van der Waals surface area contributed by atoms with Gasteiger partial charge in [-0.3, -0.25) is 24.6 Å². The second-order valence-corrected chi connectivity index (χ2v) is 8.31. The van der Waals surface area contributed by atoms with Crippen LogP contribution in [0.2, 0.25) is 0 Å². The molecule has 0 aliphatic carbocycles. The topological polar surface area (TPSA) is 119 Å². The zero-order valence-electron chi connectivity index (χ0n) is 15.9. The second kappa shape index (κ2) is 9.27. The quantitative estimate of drug-likeness (QED) is 0.414. The number of nitrogens with one attached hydrogen (secondary N) is 1. The van der Waals surface area contributed by atoms with E-state index in [0.717, 1.165) is 23.3 Å². The first kappa shape index (κ1) is 21.1. The van der Waals surface area contributed by atoms with Crippen molar-refractivity contribution < 1.29 is 18.1 Å². The lowest BCUT2D eigenvalue weighted by atomic mass is 10.0. The first-order chi connectivity index (χ1) is 14.3. The van der Waals surface area contributed by atoms with Gasteiger partial charge in [0.2, 0.25) is 0 Å². The van der Waals surface area contributed by atoms with Crippen LogP contribution in [0.5, 0.6) is 0 Å². The third-order valence-electron chi connectivity index (χ3n) is 4.38. The maximum atomic E-state index is 12.4. The van der Waals surface area contributed by atoms with E-state index in [0.29, 0.717) is 18.5 Å². The number of aryl methyl sites for hydroxylation is 1. The number of hydrogen-bond donors (Lipinski definition) is 1. The van der Waals surface area contributed by atoms with Gasteiger partial charge in [-0.2, -0.15) is 0 Å². The molecule has 0 bridgehead atoms. The van der Waals surface area contributed by atoms with Crippen LogP contribution in [0.1, 0.15) is 17.5 Å². The minimum atomic E-state index is -3.88. The highest BCUT2D eigenvalue weighted by Gasteiger charge is 2.16. The molecule has 3 rings (SSSR count). The molecule has 9 heteroatoms. The van der Waals surface area contributed by atoms with Gasteiger partial charge in [0.15, 0.2) is 0 Å². The molecule has 1 aromatic heterocycles. The standard InChI is InChI=1S/C21H19N3O5S/c25-20(10-5-17-2-1-13-22-15-17)14-16-3-6-18(7-4-16)23-30(28,29)21-11-8-19(9-12-21)24(26)27/h1-4,6-9,11-13,15,23H,5,10,14H2. The molecule has 0 aliphatic heterocycles. The number of non-ortho nitro benzene ring substituents is 1. The molecular formula is C21H19N3O5S. The molecule has 0 saturated heterocycles. The summed E-state index contributed by atoms with van der Waals surface area (Å²) in [5.74, 6) is 0.0815. The Morgan fingerprint density at radius 2 is 1.70 bits per heavy atom. The maximum Gasteiger partial charge on any atom is 0.269 e. The lowest BCUT2D eigenvalue weighted by Crippen LogP contribution is -2.13. The Bertz CT molecular complexity index is 1130. The van der Waals surface area contributed by atoms with Crippen molar-refractivity contribution in [3.63, 3.8) is 0 Å². The van der Waals surface area contributed by atoms with Crippen LogP contribution >= 0.6 is 0 Å². The smallest absolute Gasteiger partial charge is 0.269 e. The molecule has 0 saturated carbocycles. The summed E-state index contributed by atoms with van der Waals surface area (Å²) in [6.45, 7) is 0. The summed E-state index contributed by atoms with van der Waals surface area (Å²) in [5.41, 5.74) is 1.93. The first-order valence-electron chi connectivity index (χ1n) is 9.10. The molecule has 2 aromatic carbocycles. The molecule has 0 amide bonds. The normalized spacial score (nSPS) is 11.1. The van der Waals surface area contributed by atoms with Gasteiger partial charge in [-0.15, -0.1) is 0 Å². The largest absolute Gasteiger partial charge is 0.299 e. The second-order valence-electron chi connectivity index (χ2n) is 6.63. The summed E-state index contributed by atoms with van der Waals surface area (Å²) >= 11 is 0. The first-order valence-corrected chi connectivity index (χ1v) is 10.6. The van der Waals surface area contributed by atoms with Gasteiger partial charge in [0.05, 0.1) is 9.82 Å². The molecule has 0 radical (unpaired) electrons. The summed E-state index contributed by atoms with van der Waals surface area (Å²) in [6.07, 6.45) is 4.71. The Labute approximate surface area is 173 Å². The lowest BCUT2D eigenvalue weighted by Gasteiger charge is -2.09. The number of nitrogens with zero attached hydrogens (tertiary/aromatic N) is 2. The number of Topliss-reactive ketones (excluding diaryl/α,β-unsaturated/α-hetero) is 1. The fourth-order valence-corrected chi connectivity index (χ4v) is 3.86. The molecule has 0 spiro atoms. The van der Waals surface area contributed by atoms with E-state index in [1.165, 1.54) is 12.1 Å². The number of nitro groups is 1. The van der Waals surface area contributed by atoms with Gasteiger partial charge >= 0.3 is 0 Å². The number of aromatic nitrogens is 1. The van der Waals surface area contributed by atoms with Gasteiger partial charge in [-0.1, -0.05) is 18.2 Å². The van der Waals surface area contributed by atoms with Gasteiger partial charge in [0.25, 0.3) is 15.7 Å². The van der Waals surface area contributed by atoms with Crippen LogP contribution in [0.25, 0.3) is 0 Å². The number of rotatable bonds is 9. The van der Waals surface area contributed by atoms with E-state index in [9.17, 15) is 23.3 Å². The summed E-state index contributed by atoms with van der Waals surface area (Å²) in [4.78, 5) is 26.2. The van der Waals surface area contributed by atoms with E-state index in [2.05, 4.69) is 9.71 Å². The number of anilines is 1. The van der Waals surface area contributed by atoms with E-state index >= 15 is 0 Å². The van der Waals surface area contributed by atoms with Crippen molar-refractivity contribution in [3.8, 4) is 0 Å². The number of hydrogen-bond acceptors (Lipinski definition) is 6. The third-order valence-corrected chi connectivity index (χ3v) is 5.78. The van der Waals surface area contributed by atoms with E-state index in [1.54, 1.807) is 36.7 Å². The van der Waals surface area contributed by atoms with E-state index in [4.69, 9.17) is 0 Å². The summed E-state index contributed by atoms with van der Waals surface area (Å²) in [6, 6.07) is 14.9. The molecule has 0 fully saturated rings. The molecule has 1 N–H and O–H groups in total. The van der Waals surface area contributed by atoms with Crippen LogP contribution in [0, 0.1) is 10.1 Å². The number of pyridine rings is 1. The minimum absolute atomic E-state index is 0.0808. The molecular weight excluding hydrogens is 406 g/mol. The van der Waals surface area contributed by atoms with Crippen molar-refractivity contribution in [2.45, 2.75) is 24.2 Å². The zero-order chi connectivity index (χ0) is 21.6. The van der Waals surface area contributed by atoms with E-state index < -0.39 is 14.9 Å². The number of sulfonamides is 1. The van der Waals surface area contributed by atoms with E-state index in [1.807, 2.05) is 12.1 Å².